The molecule has 0 saturated carbocycles. The maximum absolute atomic E-state index is 12.5. The van der Waals surface area contributed by atoms with E-state index in [-0.39, 0.29) is 11.7 Å². The van der Waals surface area contributed by atoms with Gasteiger partial charge in [0, 0.05) is 11.9 Å². The van der Waals surface area contributed by atoms with Gasteiger partial charge in [0.15, 0.2) is 5.76 Å². The molecule has 1 aliphatic heterocycles. The molecule has 1 N–H and O–H groups in total. The van der Waals surface area contributed by atoms with Crippen molar-refractivity contribution in [2.75, 3.05) is 18.4 Å². The second-order valence-corrected chi connectivity index (χ2v) is 6.94. The largest absolute Gasteiger partial charge is 0.455 e. The van der Waals surface area contributed by atoms with Gasteiger partial charge in [0.2, 0.25) is 5.95 Å². The molecule has 0 atom stereocenters. The first-order valence-electron chi connectivity index (χ1n) is 8.89. The molecule has 1 aliphatic rings. The molecule has 0 spiro atoms. The van der Waals surface area contributed by atoms with Gasteiger partial charge < -0.3 is 4.42 Å². The van der Waals surface area contributed by atoms with E-state index in [0.717, 1.165) is 37.0 Å². The lowest BCUT2D eigenvalue weighted by molar-refractivity contribution is 0.0990. The van der Waals surface area contributed by atoms with Crippen LogP contribution in [-0.2, 0) is 6.54 Å². The molecule has 4 rings (SSSR count). The summed E-state index contributed by atoms with van der Waals surface area (Å²) in [4.78, 5) is 19.1. The van der Waals surface area contributed by atoms with Crippen LogP contribution in [0.3, 0.4) is 0 Å². The normalized spacial score (nSPS) is 16.2. The quantitative estimate of drug-likeness (QED) is 0.774. The number of carbonyl (C=O) groups is 1. The number of anilines is 1. The lowest BCUT2D eigenvalue weighted by Gasteiger charge is -2.29. The highest BCUT2D eigenvalue weighted by molar-refractivity contribution is 6.01. The van der Waals surface area contributed by atoms with Crippen LogP contribution in [0.2, 0.25) is 0 Å². The van der Waals surface area contributed by atoms with E-state index in [9.17, 15) is 4.79 Å². The molecular formula is C18H22N6O2. The zero-order valence-corrected chi connectivity index (χ0v) is 15.0. The molecule has 0 radical (unpaired) electrons. The Morgan fingerprint density at radius 3 is 2.88 bits per heavy atom. The number of aryl methyl sites for hydroxylation is 1. The molecule has 8 heteroatoms. The van der Waals surface area contributed by atoms with Crippen molar-refractivity contribution in [1.29, 1.82) is 0 Å². The zero-order valence-electron chi connectivity index (χ0n) is 15.0. The maximum Gasteiger partial charge on any atom is 0.293 e. The van der Waals surface area contributed by atoms with Gasteiger partial charge in [-0.15, -0.1) is 10.2 Å². The lowest BCUT2D eigenvalue weighted by Crippen LogP contribution is -2.32. The molecule has 0 aliphatic carbocycles. The number of rotatable bonds is 4. The number of amides is 1. The van der Waals surface area contributed by atoms with E-state index in [0.29, 0.717) is 11.7 Å². The van der Waals surface area contributed by atoms with Gasteiger partial charge in [0.25, 0.3) is 11.7 Å². The summed E-state index contributed by atoms with van der Waals surface area (Å²) >= 11 is 0. The number of carbonyl (C=O) groups excluding carboxylic acids is 1. The Morgan fingerprint density at radius 1 is 1.27 bits per heavy atom. The number of fused-ring (bicyclic) bond motifs is 1. The third kappa shape index (κ3) is 3.45. The number of nitrogens with one attached hydrogen (secondary N) is 1. The minimum atomic E-state index is -0.349. The molecule has 0 aromatic carbocycles. The summed E-state index contributed by atoms with van der Waals surface area (Å²) in [5.74, 6) is 2.27. The van der Waals surface area contributed by atoms with Crippen LogP contribution in [-0.4, -0.2) is 43.5 Å². The number of hydrogen-bond donors (Lipinski definition) is 1. The minimum absolute atomic E-state index is 0.266. The van der Waals surface area contributed by atoms with Crippen LogP contribution in [0.25, 0.3) is 5.78 Å². The number of likely N-dealkylation sites (tertiary alicyclic amines) is 1. The van der Waals surface area contributed by atoms with Gasteiger partial charge in [-0.2, -0.15) is 0 Å². The number of nitrogens with zero attached hydrogens (tertiary/aromatic N) is 5. The van der Waals surface area contributed by atoms with Gasteiger partial charge in [-0.25, -0.2) is 4.98 Å². The number of piperidine rings is 1. The SMILES string of the molecule is Cc1ccn2c(NC(=O)c3ccc(CN4CCC(C)CC4)o3)nnc2n1. The number of aromatic nitrogens is 4. The average Bonchev–Trinajstić information content (AvgIpc) is 3.24. The fourth-order valence-corrected chi connectivity index (χ4v) is 3.15. The molecule has 136 valence electrons. The van der Waals surface area contributed by atoms with E-state index >= 15 is 0 Å². The van der Waals surface area contributed by atoms with E-state index in [2.05, 4.69) is 32.3 Å². The van der Waals surface area contributed by atoms with E-state index < -0.39 is 0 Å². The van der Waals surface area contributed by atoms with Crippen LogP contribution in [0.15, 0.2) is 28.8 Å². The van der Waals surface area contributed by atoms with E-state index in [1.165, 1.54) is 12.8 Å². The molecule has 1 saturated heterocycles. The van der Waals surface area contributed by atoms with Gasteiger partial charge in [0.1, 0.15) is 5.76 Å². The molecule has 4 heterocycles. The van der Waals surface area contributed by atoms with Gasteiger partial charge in [-0.05, 0) is 57.0 Å². The Balaban J connectivity index is 1.42. The summed E-state index contributed by atoms with van der Waals surface area (Å²) in [6.45, 7) is 7.04. The first-order valence-corrected chi connectivity index (χ1v) is 8.89. The maximum atomic E-state index is 12.5. The summed E-state index contributed by atoms with van der Waals surface area (Å²) in [6.07, 6.45) is 4.20. The number of furan rings is 1. The second-order valence-electron chi connectivity index (χ2n) is 6.94. The van der Waals surface area contributed by atoms with Crippen molar-refractivity contribution < 1.29 is 9.21 Å². The third-order valence-electron chi connectivity index (χ3n) is 4.79. The Hall–Kier alpha value is -2.74. The van der Waals surface area contributed by atoms with Crippen molar-refractivity contribution in [3.63, 3.8) is 0 Å². The fourth-order valence-electron chi connectivity index (χ4n) is 3.15. The Morgan fingerprint density at radius 2 is 2.08 bits per heavy atom. The molecule has 1 amide bonds. The van der Waals surface area contributed by atoms with E-state index in [1.54, 1.807) is 16.7 Å². The summed E-state index contributed by atoms with van der Waals surface area (Å²) in [5, 5.41) is 10.7. The van der Waals surface area contributed by atoms with Crippen LogP contribution in [0.4, 0.5) is 5.95 Å². The molecule has 8 nitrogen and oxygen atoms in total. The molecular weight excluding hydrogens is 332 g/mol. The molecule has 0 unspecified atom stereocenters. The van der Waals surface area contributed by atoms with Crippen LogP contribution < -0.4 is 5.32 Å². The van der Waals surface area contributed by atoms with Crippen LogP contribution >= 0.6 is 0 Å². The molecule has 3 aromatic heterocycles. The van der Waals surface area contributed by atoms with Gasteiger partial charge in [-0.1, -0.05) is 6.92 Å². The van der Waals surface area contributed by atoms with Gasteiger partial charge in [-0.3, -0.25) is 19.4 Å². The Bertz CT molecular complexity index is 923. The van der Waals surface area contributed by atoms with Gasteiger partial charge in [0.05, 0.1) is 6.54 Å². The highest BCUT2D eigenvalue weighted by Gasteiger charge is 2.19. The Kier molecular flexibility index (Phi) is 4.42. The average molecular weight is 354 g/mol. The predicted octanol–water partition coefficient (Wildman–Crippen LogP) is 2.51. The van der Waals surface area contributed by atoms with E-state index in [1.807, 2.05) is 19.1 Å². The summed E-state index contributed by atoms with van der Waals surface area (Å²) in [6, 6.07) is 5.39. The number of hydrogen-bond acceptors (Lipinski definition) is 6. The summed E-state index contributed by atoms with van der Waals surface area (Å²) in [7, 11) is 0. The Labute approximate surface area is 151 Å². The lowest BCUT2D eigenvalue weighted by atomic mass is 9.99. The first kappa shape index (κ1) is 16.7. The predicted molar refractivity (Wildman–Crippen MR) is 95.9 cm³/mol. The fraction of sp³-hybridized carbons (Fsp3) is 0.444. The molecule has 1 fully saturated rings. The minimum Gasteiger partial charge on any atom is -0.455 e. The highest BCUT2D eigenvalue weighted by Crippen LogP contribution is 2.19. The van der Waals surface area contributed by atoms with Crippen LogP contribution in [0.1, 0.15) is 41.8 Å². The van der Waals surface area contributed by atoms with Crippen LogP contribution in [0, 0.1) is 12.8 Å². The summed E-state index contributed by atoms with van der Waals surface area (Å²) < 4.78 is 7.36. The van der Waals surface area contributed by atoms with Crippen molar-refractivity contribution in [2.24, 2.45) is 5.92 Å². The van der Waals surface area contributed by atoms with Crippen molar-refractivity contribution in [2.45, 2.75) is 33.2 Å². The molecule has 3 aromatic rings. The van der Waals surface area contributed by atoms with E-state index in [4.69, 9.17) is 4.42 Å². The van der Waals surface area contributed by atoms with Crippen molar-refractivity contribution in [3.8, 4) is 0 Å². The topological polar surface area (TPSA) is 88.6 Å². The smallest absolute Gasteiger partial charge is 0.293 e. The summed E-state index contributed by atoms with van der Waals surface area (Å²) in [5.41, 5.74) is 0.838. The van der Waals surface area contributed by atoms with Crippen molar-refractivity contribution in [1.82, 2.24) is 24.5 Å². The second kappa shape index (κ2) is 6.87. The van der Waals surface area contributed by atoms with Gasteiger partial charge >= 0.3 is 0 Å². The molecule has 26 heavy (non-hydrogen) atoms. The zero-order chi connectivity index (χ0) is 18.1. The third-order valence-corrected chi connectivity index (χ3v) is 4.79. The first-order chi connectivity index (χ1) is 12.6. The standard InChI is InChI=1S/C18H22N6O2/c1-12-5-8-23(9-6-12)11-14-3-4-15(26-14)16(25)20-18-22-21-17-19-13(2)7-10-24(17)18/h3-4,7,10,12H,5-6,8-9,11H2,1-2H3,(H,20,22,25). The molecule has 0 bridgehead atoms. The van der Waals surface area contributed by atoms with Crippen LogP contribution in [0.5, 0.6) is 0 Å². The van der Waals surface area contributed by atoms with Crippen molar-refractivity contribution >= 4 is 17.6 Å². The highest BCUT2D eigenvalue weighted by atomic mass is 16.4. The van der Waals surface area contributed by atoms with Crippen molar-refractivity contribution in [3.05, 3.63) is 41.6 Å². The monoisotopic (exact) mass is 354 g/mol.